The van der Waals surface area contributed by atoms with Crippen molar-refractivity contribution in [2.45, 2.75) is 30.7 Å². The fraction of sp³-hybridized carbons (Fsp3) is 0.615. The van der Waals surface area contributed by atoms with E-state index in [0.717, 1.165) is 32.5 Å². The van der Waals surface area contributed by atoms with E-state index in [1.54, 1.807) is 7.05 Å². The predicted octanol–water partition coefficient (Wildman–Crippen LogP) is 1.84. The van der Waals surface area contributed by atoms with Crippen molar-refractivity contribution >= 4 is 21.6 Å². The van der Waals surface area contributed by atoms with Crippen LogP contribution in [-0.2, 0) is 10.0 Å². The van der Waals surface area contributed by atoms with Crippen LogP contribution in [-0.4, -0.2) is 55.3 Å². The second-order valence-electron chi connectivity index (χ2n) is 5.00. The number of nitrogens with zero attached hydrogens (tertiary/aromatic N) is 3. The van der Waals surface area contributed by atoms with Gasteiger partial charge in [0.15, 0.2) is 0 Å². The van der Waals surface area contributed by atoms with Crippen LogP contribution in [0.3, 0.4) is 0 Å². The fourth-order valence-corrected chi connectivity index (χ4v) is 4.17. The molecule has 112 valence electrons. The molecule has 2 heterocycles. The van der Waals surface area contributed by atoms with Gasteiger partial charge in [0.25, 0.3) is 0 Å². The van der Waals surface area contributed by atoms with Gasteiger partial charge in [-0.05, 0) is 44.6 Å². The Bertz CT molecular complexity index is 556. The Morgan fingerprint density at radius 1 is 1.45 bits per heavy atom. The predicted molar refractivity (Wildman–Crippen MR) is 79.3 cm³/mol. The molecule has 20 heavy (non-hydrogen) atoms. The summed E-state index contributed by atoms with van der Waals surface area (Å²) in [6.45, 7) is 5.03. The standard InChI is InChI=1S/C13H20ClN3O2S/c1-3-17-8-5-11(6-9-17)16(2)20(18,19)12-4-7-15-13(14)10-12/h4,7,10-11H,3,5-6,8-9H2,1-2H3. The van der Waals surface area contributed by atoms with Crippen molar-refractivity contribution in [3.63, 3.8) is 0 Å². The highest BCUT2D eigenvalue weighted by atomic mass is 35.5. The van der Waals surface area contributed by atoms with Crippen LogP contribution in [0.2, 0.25) is 5.15 Å². The van der Waals surface area contributed by atoms with Gasteiger partial charge < -0.3 is 4.90 Å². The Balaban J connectivity index is 2.14. The zero-order valence-corrected chi connectivity index (χ0v) is 13.4. The second-order valence-corrected chi connectivity index (χ2v) is 7.39. The number of hydrogen-bond acceptors (Lipinski definition) is 4. The van der Waals surface area contributed by atoms with Crippen molar-refractivity contribution in [2.24, 2.45) is 0 Å². The first-order chi connectivity index (χ1) is 9.45. The summed E-state index contributed by atoms with van der Waals surface area (Å²) >= 11 is 5.78. The molecule has 0 aromatic carbocycles. The summed E-state index contributed by atoms with van der Waals surface area (Å²) in [4.78, 5) is 6.36. The lowest BCUT2D eigenvalue weighted by Gasteiger charge is -2.35. The van der Waals surface area contributed by atoms with Crippen molar-refractivity contribution in [2.75, 3.05) is 26.7 Å². The molecule has 1 aliphatic heterocycles. The quantitative estimate of drug-likeness (QED) is 0.795. The molecule has 0 spiro atoms. The molecular weight excluding hydrogens is 298 g/mol. The molecule has 0 atom stereocenters. The molecule has 0 amide bonds. The van der Waals surface area contributed by atoms with Gasteiger partial charge in [-0.1, -0.05) is 18.5 Å². The normalized spacial score (nSPS) is 18.6. The van der Waals surface area contributed by atoms with Crippen LogP contribution in [0.25, 0.3) is 0 Å². The van der Waals surface area contributed by atoms with Gasteiger partial charge in [-0.25, -0.2) is 13.4 Å². The van der Waals surface area contributed by atoms with Gasteiger partial charge in [-0.2, -0.15) is 4.31 Å². The molecule has 1 saturated heterocycles. The molecule has 2 rings (SSSR count). The minimum Gasteiger partial charge on any atom is -0.303 e. The third-order valence-corrected chi connectivity index (χ3v) is 6.01. The summed E-state index contributed by atoms with van der Waals surface area (Å²) in [6, 6.07) is 2.93. The Labute approximate surface area is 125 Å². The average molecular weight is 318 g/mol. The summed E-state index contributed by atoms with van der Waals surface area (Å²) in [5.74, 6) is 0. The van der Waals surface area contributed by atoms with Gasteiger partial charge in [0.2, 0.25) is 10.0 Å². The maximum absolute atomic E-state index is 12.6. The van der Waals surface area contributed by atoms with Gasteiger partial charge in [-0.3, -0.25) is 0 Å². The molecular formula is C13H20ClN3O2S. The van der Waals surface area contributed by atoms with Crippen LogP contribution in [0.1, 0.15) is 19.8 Å². The maximum Gasteiger partial charge on any atom is 0.243 e. The number of rotatable bonds is 4. The molecule has 1 fully saturated rings. The van der Waals surface area contributed by atoms with Crippen molar-refractivity contribution < 1.29 is 8.42 Å². The average Bonchev–Trinajstić information content (AvgIpc) is 2.46. The lowest BCUT2D eigenvalue weighted by molar-refractivity contribution is 0.176. The van der Waals surface area contributed by atoms with Crippen molar-refractivity contribution in [1.29, 1.82) is 0 Å². The van der Waals surface area contributed by atoms with Gasteiger partial charge in [0.05, 0.1) is 4.90 Å². The van der Waals surface area contributed by atoms with E-state index in [9.17, 15) is 8.42 Å². The first-order valence-corrected chi connectivity index (χ1v) is 8.59. The summed E-state index contributed by atoms with van der Waals surface area (Å²) in [7, 11) is -1.85. The van der Waals surface area contributed by atoms with Gasteiger partial charge in [0.1, 0.15) is 5.15 Å². The van der Waals surface area contributed by atoms with E-state index in [1.165, 1.54) is 22.6 Å². The smallest absolute Gasteiger partial charge is 0.243 e. The van der Waals surface area contributed by atoms with Crippen molar-refractivity contribution in [3.8, 4) is 0 Å². The lowest BCUT2D eigenvalue weighted by atomic mass is 10.1. The Kier molecular flexibility index (Phi) is 5.01. The van der Waals surface area contributed by atoms with E-state index in [2.05, 4.69) is 16.8 Å². The Hall–Kier alpha value is -0.690. The number of piperidine rings is 1. The monoisotopic (exact) mass is 317 g/mol. The summed E-state index contributed by atoms with van der Waals surface area (Å²) in [6.07, 6.45) is 3.15. The molecule has 7 heteroatoms. The minimum atomic E-state index is -3.49. The van der Waals surface area contributed by atoms with E-state index >= 15 is 0 Å². The van der Waals surface area contributed by atoms with E-state index in [4.69, 9.17) is 11.6 Å². The number of aromatic nitrogens is 1. The Morgan fingerprint density at radius 2 is 2.10 bits per heavy atom. The lowest BCUT2D eigenvalue weighted by Crippen LogP contribution is -2.45. The van der Waals surface area contributed by atoms with Gasteiger partial charge in [0, 0.05) is 19.3 Å². The van der Waals surface area contributed by atoms with Gasteiger partial charge in [-0.15, -0.1) is 0 Å². The van der Waals surface area contributed by atoms with E-state index in [-0.39, 0.29) is 16.1 Å². The first-order valence-electron chi connectivity index (χ1n) is 6.77. The summed E-state index contributed by atoms with van der Waals surface area (Å²) < 4.78 is 26.6. The van der Waals surface area contributed by atoms with Gasteiger partial charge >= 0.3 is 0 Å². The third-order valence-electron chi connectivity index (χ3n) is 3.89. The van der Waals surface area contributed by atoms with E-state index in [1.807, 2.05) is 0 Å². The minimum absolute atomic E-state index is 0.0507. The largest absolute Gasteiger partial charge is 0.303 e. The molecule has 1 aromatic heterocycles. The molecule has 0 radical (unpaired) electrons. The number of sulfonamides is 1. The third kappa shape index (κ3) is 3.31. The fourth-order valence-electron chi connectivity index (χ4n) is 2.51. The highest BCUT2D eigenvalue weighted by Crippen LogP contribution is 2.23. The van der Waals surface area contributed by atoms with Crippen LogP contribution in [0.4, 0.5) is 0 Å². The van der Waals surface area contributed by atoms with Crippen LogP contribution in [0.15, 0.2) is 23.2 Å². The van der Waals surface area contributed by atoms with E-state index in [0.29, 0.717) is 0 Å². The number of pyridine rings is 1. The second kappa shape index (κ2) is 6.39. The van der Waals surface area contributed by atoms with Crippen LogP contribution < -0.4 is 0 Å². The van der Waals surface area contributed by atoms with E-state index < -0.39 is 10.0 Å². The topological polar surface area (TPSA) is 53.5 Å². The van der Waals surface area contributed by atoms with Crippen LogP contribution in [0, 0.1) is 0 Å². The molecule has 0 N–H and O–H groups in total. The number of hydrogen-bond donors (Lipinski definition) is 0. The van der Waals surface area contributed by atoms with Crippen molar-refractivity contribution in [1.82, 2.24) is 14.2 Å². The first kappa shape index (κ1) is 15.7. The zero-order chi connectivity index (χ0) is 14.8. The number of halogens is 1. The molecule has 0 bridgehead atoms. The highest BCUT2D eigenvalue weighted by Gasteiger charge is 2.30. The summed E-state index contributed by atoms with van der Waals surface area (Å²) in [5, 5.41) is 0.195. The Morgan fingerprint density at radius 3 is 2.65 bits per heavy atom. The number of likely N-dealkylation sites (tertiary alicyclic amines) is 1. The molecule has 1 aromatic rings. The highest BCUT2D eigenvalue weighted by molar-refractivity contribution is 7.89. The molecule has 1 aliphatic rings. The maximum atomic E-state index is 12.6. The zero-order valence-electron chi connectivity index (χ0n) is 11.8. The molecule has 0 unspecified atom stereocenters. The SMILES string of the molecule is CCN1CCC(N(C)S(=O)(=O)c2ccnc(Cl)c2)CC1. The van der Waals surface area contributed by atoms with Crippen LogP contribution >= 0.6 is 11.6 Å². The van der Waals surface area contributed by atoms with Crippen LogP contribution in [0.5, 0.6) is 0 Å². The molecule has 5 nitrogen and oxygen atoms in total. The molecule has 0 aliphatic carbocycles. The van der Waals surface area contributed by atoms with Crippen molar-refractivity contribution in [3.05, 3.63) is 23.5 Å². The summed E-state index contributed by atoms with van der Waals surface area (Å²) in [5.41, 5.74) is 0. The molecule has 0 saturated carbocycles.